The molecule has 2 aromatic rings. The maximum Gasteiger partial charge on any atom is 0.131 e. The molecule has 0 spiro atoms. The Labute approximate surface area is 82.2 Å². The number of pyridine rings is 1. The normalized spacial score (nSPS) is 9.54. The van der Waals surface area contributed by atoms with Crippen LogP contribution in [0.2, 0.25) is 0 Å². The molecule has 0 fully saturated rings. The van der Waals surface area contributed by atoms with Crippen molar-refractivity contribution in [3.8, 4) is 0 Å². The highest BCUT2D eigenvalue weighted by Crippen LogP contribution is 2.23. The van der Waals surface area contributed by atoms with Crippen molar-refractivity contribution < 1.29 is 0 Å². The first-order valence-corrected chi connectivity index (χ1v) is 3.68. The molecule has 0 bridgehead atoms. The minimum absolute atomic E-state index is 0. The number of hydrogen-bond donors (Lipinski definition) is 2. The smallest absolute Gasteiger partial charge is 0.131 e. The van der Waals surface area contributed by atoms with Crippen LogP contribution < -0.4 is 11.5 Å². The molecule has 0 saturated heterocycles. The van der Waals surface area contributed by atoms with Crippen molar-refractivity contribution in [2.45, 2.75) is 0 Å². The van der Waals surface area contributed by atoms with Crippen LogP contribution in [0, 0.1) is 0 Å². The fourth-order valence-electron chi connectivity index (χ4n) is 1.25. The second-order valence-electron chi connectivity index (χ2n) is 2.64. The lowest BCUT2D eigenvalue weighted by atomic mass is 10.1. The number of nitrogens with two attached hydrogens (primary N) is 2. The molecule has 2 rings (SSSR count). The Kier molecular flexibility index (Phi) is 2.58. The fourth-order valence-corrected chi connectivity index (χ4v) is 1.25. The zero-order valence-electron chi connectivity index (χ0n) is 6.90. The zero-order valence-corrected chi connectivity index (χ0v) is 7.71. The molecule has 3 nitrogen and oxygen atoms in total. The van der Waals surface area contributed by atoms with Gasteiger partial charge < -0.3 is 11.5 Å². The van der Waals surface area contributed by atoms with Crippen molar-refractivity contribution in [2.75, 3.05) is 11.5 Å². The quantitative estimate of drug-likeness (QED) is 0.631. The Morgan fingerprint density at radius 3 is 2.46 bits per heavy atom. The summed E-state index contributed by atoms with van der Waals surface area (Å²) in [6, 6.07) is 7.49. The van der Waals surface area contributed by atoms with Gasteiger partial charge in [0.05, 0.1) is 0 Å². The molecule has 0 saturated carbocycles. The lowest BCUT2D eigenvalue weighted by Crippen LogP contribution is -1.93. The zero-order chi connectivity index (χ0) is 8.55. The van der Waals surface area contributed by atoms with E-state index in [9.17, 15) is 0 Å². The number of aromatic nitrogens is 1. The molecule has 1 aromatic heterocycles. The minimum atomic E-state index is 0. The summed E-state index contributed by atoms with van der Waals surface area (Å²) in [6.07, 6.45) is 1.66. The molecule has 4 N–H and O–H groups in total. The van der Waals surface area contributed by atoms with Crippen molar-refractivity contribution >= 4 is 34.7 Å². The maximum absolute atomic E-state index is 5.74. The van der Waals surface area contributed by atoms with Crippen molar-refractivity contribution in [1.29, 1.82) is 0 Å². The molecule has 0 atom stereocenters. The first-order valence-electron chi connectivity index (χ1n) is 3.68. The van der Waals surface area contributed by atoms with Gasteiger partial charge in [-0.1, -0.05) is 12.1 Å². The first-order chi connectivity index (χ1) is 5.79. The van der Waals surface area contributed by atoms with Gasteiger partial charge in [0, 0.05) is 22.7 Å². The van der Waals surface area contributed by atoms with Gasteiger partial charge in [0.2, 0.25) is 0 Å². The van der Waals surface area contributed by atoms with E-state index in [-0.39, 0.29) is 12.4 Å². The second-order valence-corrected chi connectivity index (χ2v) is 2.64. The highest BCUT2D eigenvalue weighted by Gasteiger charge is 1.99. The predicted octanol–water partition coefficient (Wildman–Crippen LogP) is 1.82. The van der Waals surface area contributed by atoms with Crippen molar-refractivity contribution in [2.24, 2.45) is 0 Å². The Hall–Kier alpha value is -1.48. The standard InChI is InChI=1S/C9H9N3.ClH/c10-8-3-1-2-7-6(8)4-5-12-9(7)11;/h1-5H,10H2,(H2,11,12);1H. The highest BCUT2D eigenvalue weighted by atomic mass is 35.5. The fraction of sp³-hybridized carbons (Fsp3) is 0. The topological polar surface area (TPSA) is 64.9 Å². The van der Waals surface area contributed by atoms with Crippen LogP contribution in [0.15, 0.2) is 30.5 Å². The van der Waals surface area contributed by atoms with Crippen LogP contribution in [0.4, 0.5) is 11.5 Å². The number of hydrogen-bond acceptors (Lipinski definition) is 3. The van der Waals surface area contributed by atoms with E-state index >= 15 is 0 Å². The second kappa shape index (κ2) is 3.49. The third kappa shape index (κ3) is 1.51. The van der Waals surface area contributed by atoms with Crippen LogP contribution >= 0.6 is 12.4 Å². The van der Waals surface area contributed by atoms with Crippen molar-refractivity contribution in [3.63, 3.8) is 0 Å². The van der Waals surface area contributed by atoms with E-state index in [4.69, 9.17) is 11.5 Å². The van der Waals surface area contributed by atoms with Crippen LogP contribution in [-0.2, 0) is 0 Å². The van der Waals surface area contributed by atoms with E-state index in [2.05, 4.69) is 4.98 Å². The summed E-state index contributed by atoms with van der Waals surface area (Å²) in [5.74, 6) is 0.528. The van der Waals surface area contributed by atoms with Gasteiger partial charge in [-0.25, -0.2) is 4.98 Å². The molecule has 0 aliphatic carbocycles. The molecule has 0 amide bonds. The van der Waals surface area contributed by atoms with E-state index in [0.29, 0.717) is 5.82 Å². The molecule has 0 aliphatic rings. The van der Waals surface area contributed by atoms with Gasteiger partial charge in [-0.15, -0.1) is 12.4 Å². The molecule has 0 radical (unpaired) electrons. The Morgan fingerprint density at radius 2 is 1.77 bits per heavy atom. The van der Waals surface area contributed by atoms with Gasteiger partial charge in [0.15, 0.2) is 0 Å². The SMILES string of the molecule is Cl.Nc1cccc2c(N)nccc12. The van der Waals surface area contributed by atoms with Gasteiger partial charge in [-0.2, -0.15) is 0 Å². The number of fused-ring (bicyclic) bond motifs is 1. The Balaban J connectivity index is 0.000000845. The van der Waals surface area contributed by atoms with Crippen molar-refractivity contribution in [1.82, 2.24) is 4.98 Å². The minimum Gasteiger partial charge on any atom is -0.398 e. The van der Waals surface area contributed by atoms with Gasteiger partial charge in [-0.3, -0.25) is 0 Å². The molecular weight excluding hydrogens is 186 g/mol. The predicted molar refractivity (Wildman–Crippen MR) is 57.8 cm³/mol. The van der Waals surface area contributed by atoms with Gasteiger partial charge in [0.25, 0.3) is 0 Å². The molecule has 0 aliphatic heterocycles. The summed E-state index contributed by atoms with van der Waals surface area (Å²) in [6.45, 7) is 0. The summed E-state index contributed by atoms with van der Waals surface area (Å²) in [7, 11) is 0. The number of halogens is 1. The largest absolute Gasteiger partial charge is 0.398 e. The van der Waals surface area contributed by atoms with Crippen molar-refractivity contribution in [3.05, 3.63) is 30.5 Å². The lowest BCUT2D eigenvalue weighted by molar-refractivity contribution is 1.37. The van der Waals surface area contributed by atoms with E-state index in [1.165, 1.54) is 0 Å². The molecule has 13 heavy (non-hydrogen) atoms. The first kappa shape index (κ1) is 9.61. The number of nitrogen functional groups attached to an aromatic ring is 2. The van der Waals surface area contributed by atoms with E-state index < -0.39 is 0 Å². The summed E-state index contributed by atoms with van der Waals surface area (Å²) < 4.78 is 0. The van der Waals surface area contributed by atoms with Gasteiger partial charge >= 0.3 is 0 Å². The van der Waals surface area contributed by atoms with Crippen LogP contribution in [0.5, 0.6) is 0 Å². The third-order valence-corrected chi connectivity index (χ3v) is 1.87. The average Bonchev–Trinajstić information content (AvgIpc) is 2.07. The number of rotatable bonds is 0. The summed E-state index contributed by atoms with van der Waals surface area (Å²) in [5, 5.41) is 1.88. The monoisotopic (exact) mass is 195 g/mol. The Bertz CT molecular complexity index is 387. The highest BCUT2D eigenvalue weighted by molar-refractivity contribution is 5.98. The summed E-state index contributed by atoms with van der Waals surface area (Å²) in [5.41, 5.74) is 12.1. The molecule has 1 aromatic carbocycles. The summed E-state index contributed by atoms with van der Waals surface area (Å²) >= 11 is 0. The molecule has 68 valence electrons. The molecular formula is C9H10ClN3. The van der Waals surface area contributed by atoms with Gasteiger partial charge in [-0.05, 0) is 12.1 Å². The lowest BCUT2D eigenvalue weighted by Gasteiger charge is -2.02. The van der Waals surface area contributed by atoms with E-state index in [1.54, 1.807) is 6.20 Å². The Morgan fingerprint density at radius 1 is 1.00 bits per heavy atom. The maximum atomic E-state index is 5.74. The number of benzene rings is 1. The number of nitrogens with zero attached hydrogens (tertiary/aromatic N) is 1. The number of anilines is 2. The third-order valence-electron chi connectivity index (χ3n) is 1.87. The average molecular weight is 196 g/mol. The molecule has 4 heteroatoms. The van der Waals surface area contributed by atoms with Crippen LogP contribution in [-0.4, -0.2) is 4.98 Å². The van der Waals surface area contributed by atoms with E-state index in [0.717, 1.165) is 16.5 Å². The van der Waals surface area contributed by atoms with Crippen LogP contribution in [0.3, 0.4) is 0 Å². The molecule has 0 unspecified atom stereocenters. The van der Waals surface area contributed by atoms with Crippen LogP contribution in [0.25, 0.3) is 10.8 Å². The van der Waals surface area contributed by atoms with Gasteiger partial charge in [0.1, 0.15) is 5.82 Å². The molecule has 1 heterocycles. The van der Waals surface area contributed by atoms with Crippen LogP contribution in [0.1, 0.15) is 0 Å². The summed E-state index contributed by atoms with van der Waals surface area (Å²) in [4.78, 5) is 3.97. The van der Waals surface area contributed by atoms with E-state index in [1.807, 2.05) is 24.3 Å².